The first-order chi connectivity index (χ1) is 6.43. The highest BCUT2D eigenvalue weighted by Crippen LogP contribution is 2.48. The van der Waals surface area contributed by atoms with Gasteiger partial charge in [0.25, 0.3) is 0 Å². The summed E-state index contributed by atoms with van der Waals surface area (Å²) in [5, 5.41) is -0.538. The highest BCUT2D eigenvalue weighted by atomic mass is 31.2. The molecule has 1 aromatic rings. The molecule has 75 valence electrons. The topological polar surface area (TPSA) is 96.4 Å². The average molecular weight is 213 g/mol. The van der Waals surface area contributed by atoms with E-state index in [9.17, 15) is 4.57 Å². The smallest absolute Gasteiger partial charge is 0.321 e. The Balaban J connectivity index is 2.93. The van der Waals surface area contributed by atoms with Gasteiger partial charge in [-0.25, -0.2) is 0 Å². The molecule has 0 bridgehead atoms. The number of pyridine rings is 1. The second-order valence-electron chi connectivity index (χ2n) is 2.73. The summed E-state index contributed by atoms with van der Waals surface area (Å²) in [5.41, 5.74) is 6.06. The molecule has 0 saturated carbocycles. The van der Waals surface area contributed by atoms with Crippen molar-refractivity contribution in [1.29, 1.82) is 0 Å². The van der Waals surface area contributed by atoms with E-state index in [0.717, 1.165) is 0 Å². The fraction of sp³-hybridized carbons (Fsp3) is 0.125. The standard InChI is InChI=1S/C8H10N2O3P/c1-6(14(11,12)13)8(9)7-2-4-10-5-3-7/h1-5,8H,9H2,(H2,11,12,13). The molecule has 0 aliphatic rings. The number of hydrogen-bond acceptors (Lipinski definition) is 3. The van der Waals surface area contributed by atoms with Crippen LogP contribution < -0.4 is 5.73 Å². The van der Waals surface area contributed by atoms with E-state index in [1.807, 2.05) is 0 Å². The quantitative estimate of drug-likeness (QED) is 0.638. The lowest BCUT2D eigenvalue weighted by Gasteiger charge is -2.15. The molecule has 1 aromatic heterocycles. The minimum Gasteiger partial charge on any atom is -0.321 e. The van der Waals surface area contributed by atoms with Crippen LogP contribution in [0.3, 0.4) is 0 Å². The van der Waals surface area contributed by atoms with Gasteiger partial charge in [0, 0.05) is 12.4 Å². The van der Waals surface area contributed by atoms with Crippen molar-refractivity contribution in [2.24, 2.45) is 5.73 Å². The van der Waals surface area contributed by atoms with E-state index >= 15 is 0 Å². The Morgan fingerprint density at radius 1 is 1.50 bits per heavy atom. The Morgan fingerprint density at radius 3 is 2.43 bits per heavy atom. The van der Waals surface area contributed by atoms with Crippen LogP contribution in [0.15, 0.2) is 29.8 Å². The molecular weight excluding hydrogens is 203 g/mol. The number of rotatable bonds is 3. The predicted octanol–water partition coefficient (Wildman–Crippen LogP) is 0.576. The van der Waals surface area contributed by atoms with Crippen LogP contribution >= 0.6 is 7.60 Å². The third-order valence-electron chi connectivity index (χ3n) is 1.72. The summed E-state index contributed by atoms with van der Waals surface area (Å²) in [5.74, 6) is 0. The van der Waals surface area contributed by atoms with Gasteiger partial charge >= 0.3 is 7.60 Å². The molecular formula is C8H10N2O3P. The van der Waals surface area contributed by atoms with Gasteiger partial charge in [0.2, 0.25) is 0 Å². The maximum absolute atomic E-state index is 10.8. The van der Waals surface area contributed by atoms with Crippen LogP contribution in [0.2, 0.25) is 0 Å². The van der Waals surface area contributed by atoms with Crippen molar-refractivity contribution in [2.75, 3.05) is 0 Å². The first kappa shape index (κ1) is 11.1. The summed E-state index contributed by atoms with van der Waals surface area (Å²) < 4.78 is 10.8. The molecule has 0 amide bonds. The molecule has 0 aliphatic heterocycles. The second-order valence-corrected chi connectivity index (χ2v) is 4.33. The zero-order chi connectivity index (χ0) is 10.8. The van der Waals surface area contributed by atoms with Crippen molar-refractivity contribution in [3.05, 3.63) is 42.0 Å². The summed E-state index contributed by atoms with van der Waals surface area (Å²) in [6, 6.07) is 2.12. The average Bonchev–Trinajstić information content (AvgIpc) is 2.15. The van der Waals surface area contributed by atoms with Crippen molar-refractivity contribution in [2.45, 2.75) is 6.04 Å². The fourth-order valence-corrected chi connectivity index (χ4v) is 1.43. The van der Waals surface area contributed by atoms with Crippen LogP contribution in [0.5, 0.6) is 0 Å². The van der Waals surface area contributed by atoms with Crippen molar-refractivity contribution >= 4 is 7.60 Å². The first-order valence-corrected chi connectivity index (χ1v) is 5.38. The van der Waals surface area contributed by atoms with Gasteiger partial charge in [-0.2, -0.15) is 0 Å². The van der Waals surface area contributed by atoms with Crippen LogP contribution in [-0.4, -0.2) is 14.8 Å². The van der Waals surface area contributed by atoms with E-state index in [1.165, 1.54) is 12.4 Å². The van der Waals surface area contributed by atoms with Gasteiger partial charge in [-0.1, -0.05) is 0 Å². The van der Waals surface area contributed by atoms with Gasteiger partial charge in [-0.05, 0) is 24.3 Å². The molecule has 4 N–H and O–H groups in total. The molecule has 1 radical (unpaired) electrons. The number of nitrogens with two attached hydrogens (primary N) is 1. The molecule has 1 rings (SSSR count). The Kier molecular flexibility index (Phi) is 3.18. The minimum atomic E-state index is -4.43. The van der Waals surface area contributed by atoms with E-state index in [0.29, 0.717) is 5.56 Å². The summed E-state index contributed by atoms with van der Waals surface area (Å²) in [4.78, 5) is 21.3. The summed E-state index contributed by atoms with van der Waals surface area (Å²) in [6.07, 6.45) is 2.95. The Hall–Kier alpha value is -1.00. The third kappa shape index (κ3) is 2.49. The van der Waals surface area contributed by atoms with E-state index < -0.39 is 19.0 Å². The molecule has 0 saturated heterocycles. The van der Waals surface area contributed by atoms with E-state index in [1.54, 1.807) is 12.1 Å². The van der Waals surface area contributed by atoms with E-state index in [-0.39, 0.29) is 0 Å². The molecule has 6 heteroatoms. The van der Waals surface area contributed by atoms with Gasteiger partial charge < -0.3 is 15.5 Å². The van der Waals surface area contributed by atoms with Crippen molar-refractivity contribution in [3.8, 4) is 0 Å². The number of nitrogens with zero attached hydrogens (tertiary/aromatic N) is 1. The zero-order valence-corrected chi connectivity index (χ0v) is 8.13. The molecule has 5 nitrogen and oxygen atoms in total. The zero-order valence-electron chi connectivity index (χ0n) is 7.24. The van der Waals surface area contributed by atoms with Crippen LogP contribution in [0.1, 0.15) is 11.6 Å². The normalized spacial score (nSPS) is 13.6. The largest absolute Gasteiger partial charge is 0.354 e. The minimum absolute atomic E-state index is 0.515. The molecule has 0 fully saturated rings. The van der Waals surface area contributed by atoms with Gasteiger partial charge in [-0.3, -0.25) is 9.55 Å². The lowest BCUT2D eigenvalue weighted by Crippen LogP contribution is -2.12. The maximum Gasteiger partial charge on any atom is 0.354 e. The van der Waals surface area contributed by atoms with E-state index in [2.05, 4.69) is 4.98 Å². The lowest BCUT2D eigenvalue weighted by molar-refractivity contribution is 0.379. The van der Waals surface area contributed by atoms with Crippen molar-refractivity contribution < 1.29 is 14.4 Å². The summed E-state index contributed by atoms with van der Waals surface area (Å²) in [6.45, 7) is 5.23. The molecule has 1 heterocycles. The molecule has 0 spiro atoms. The Labute approximate surface area is 81.4 Å². The Bertz CT molecular complexity index is 373. The van der Waals surface area contributed by atoms with Crippen LogP contribution in [0.4, 0.5) is 0 Å². The lowest BCUT2D eigenvalue weighted by atomic mass is 10.1. The van der Waals surface area contributed by atoms with Crippen molar-refractivity contribution in [3.63, 3.8) is 0 Å². The molecule has 14 heavy (non-hydrogen) atoms. The van der Waals surface area contributed by atoms with Crippen LogP contribution in [-0.2, 0) is 4.57 Å². The SMILES string of the molecule is [CH]=C(C(N)c1ccncc1)P(=O)(O)O. The number of hydrogen-bond donors (Lipinski definition) is 3. The Morgan fingerprint density at radius 2 is 2.00 bits per heavy atom. The number of aromatic nitrogens is 1. The third-order valence-corrected chi connectivity index (χ3v) is 2.67. The molecule has 0 aliphatic carbocycles. The predicted molar refractivity (Wildman–Crippen MR) is 51.0 cm³/mol. The van der Waals surface area contributed by atoms with Gasteiger partial charge in [0.05, 0.1) is 11.4 Å². The van der Waals surface area contributed by atoms with Crippen molar-refractivity contribution in [1.82, 2.24) is 4.98 Å². The first-order valence-electron chi connectivity index (χ1n) is 3.77. The van der Waals surface area contributed by atoms with Crippen LogP contribution in [0, 0.1) is 6.58 Å². The second kappa shape index (κ2) is 4.02. The monoisotopic (exact) mass is 213 g/mol. The molecule has 0 aromatic carbocycles. The summed E-state index contributed by atoms with van der Waals surface area (Å²) >= 11 is 0. The van der Waals surface area contributed by atoms with Gasteiger partial charge in [0.15, 0.2) is 0 Å². The highest BCUT2D eigenvalue weighted by molar-refractivity contribution is 7.56. The highest BCUT2D eigenvalue weighted by Gasteiger charge is 2.25. The fourth-order valence-electron chi connectivity index (χ4n) is 0.923. The molecule has 1 unspecified atom stereocenters. The van der Waals surface area contributed by atoms with Crippen LogP contribution in [0.25, 0.3) is 0 Å². The van der Waals surface area contributed by atoms with Gasteiger partial charge in [-0.15, -0.1) is 0 Å². The summed E-state index contributed by atoms with van der Waals surface area (Å²) in [7, 11) is -4.43. The van der Waals surface area contributed by atoms with E-state index in [4.69, 9.17) is 22.1 Å². The maximum atomic E-state index is 10.8. The van der Waals surface area contributed by atoms with Gasteiger partial charge in [0.1, 0.15) is 0 Å². The molecule has 1 atom stereocenters.